The van der Waals surface area contributed by atoms with Crippen molar-refractivity contribution in [2.45, 2.75) is 26.4 Å². The number of carbonyl (C=O) groups excluding carboxylic acids is 1. The summed E-state index contributed by atoms with van der Waals surface area (Å²) in [5.41, 5.74) is 3.17. The number of benzene rings is 2. The van der Waals surface area contributed by atoms with E-state index in [1.54, 1.807) is 18.1 Å². The van der Waals surface area contributed by atoms with Gasteiger partial charge in [0.1, 0.15) is 16.5 Å². The van der Waals surface area contributed by atoms with E-state index >= 15 is 0 Å². The summed E-state index contributed by atoms with van der Waals surface area (Å²) in [6.45, 7) is 8.38. The Balaban J connectivity index is 1.45. The third-order valence-corrected chi connectivity index (χ3v) is 5.70. The van der Waals surface area contributed by atoms with E-state index in [1.807, 2.05) is 57.2 Å². The highest BCUT2D eigenvalue weighted by Gasteiger charge is 2.26. The number of amides is 1. The highest BCUT2D eigenvalue weighted by molar-refractivity contribution is 6.29. The standard InChI is InChI=1S/C26H29ClN4O3/c1-26(2,3)34-25(32)31-15-13-30(14-16-31)20-9-5-19(6-10-20)24-28-22(17-23(27)29-24)18-7-11-21(33-4)12-8-18/h5-12,17H,13-16H2,1-4H3. The van der Waals surface area contributed by atoms with E-state index in [1.165, 1.54) is 0 Å². The van der Waals surface area contributed by atoms with Gasteiger partial charge in [-0.15, -0.1) is 0 Å². The number of anilines is 1. The first-order valence-electron chi connectivity index (χ1n) is 11.2. The second-order valence-electron chi connectivity index (χ2n) is 9.13. The third-order valence-electron chi connectivity index (χ3n) is 5.50. The lowest BCUT2D eigenvalue weighted by molar-refractivity contribution is 0.0240. The molecule has 34 heavy (non-hydrogen) atoms. The minimum absolute atomic E-state index is 0.256. The molecule has 178 valence electrons. The average molecular weight is 481 g/mol. The van der Waals surface area contributed by atoms with Crippen LogP contribution in [-0.2, 0) is 4.74 Å². The fourth-order valence-electron chi connectivity index (χ4n) is 3.75. The molecule has 0 unspecified atom stereocenters. The summed E-state index contributed by atoms with van der Waals surface area (Å²) < 4.78 is 10.7. The lowest BCUT2D eigenvalue weighted by Gasteiger charge is -2.36. The van der Waals surface area contributed by atoms with E-state index in [4.69, 9.17) is 26.1 Å². The van der Waals surface area contributed by atoms with Crippen LogP contribution in [-0.4, -0.2) is 59.9 Å². The second kappa shape index (κ2) is 9.89. The summed E-state index contributed by atoms with van der Waals surface area (Å²) >= 11 is 6.31. The van der Waals surface area contributed by atoms with Gasteiger partial charge in [-0.05, 0) is 69.3 Å². The number of carbonyl (C=O) groups is 1. The summed E-state index contributed by atoms with van der Waals surface area (Å²) in [7, 11) is 1.64. The molecule has 4 rings (SSSR count). The molecule has 1 fully saturated rings. The molecule has 1 aliphatic rings. The fraction of sp³-hybridized carbons (Fsp3) is 0.346. The molecule has 8 heteroatoms. The fourth-order valence-corrected chi connectivity index (χ4v) is 3.93. The van der Waals surface area contributed by atoms with Crippen LogP contribution >= 0.6 is 11.6 Å². The third kappa shape index (κ3) is 5.78. The quantitative estimate of drug-likeness (QED) is 0.457. The van der Waals surface area contributed by atoms with Gasteiger partial charge in [0.25, 0.3) is 0 Å². The lowest BCUT2D eigenvalue weighted by atomic mass is 10.1. The van der Waals surface area contributed by atoms with Gasteiger partial charge in [0, 0.05) is 49.1 Å². The Bertz CT molecular complexity index is 1140. The van der Waals surface area contributed by atoms with E-state index in [2.05, 4.69) is 22.0 Å². The van der Waals surface area contributed by atoms with Crippen LogP contribution in [0.1, 0.15) is 20.8 Å². The monoisotopic (exact) mass is 480 g/mol. The number of hydrogen-bond acceptors (Lipinski definition) is 6. The van der Waals surface area contributed by atoms with Crippen molar-refractivity contribution in [3.05, 3.63) is 59.8 Å². The number of piperazine rings is 1. The molecular weight excluding hydrogens is 452 g/mol. The van der Waals surface area contributed by atoms with Crippen molar-refractivity contribution >= 4 is 23.4 Å². The molecule has 0 spiro atoms. The zero-order chi connectivity index (χ0) is 24.3. The van der Waals surface area contributed by atoms with E-state index < -0.39 is 5.60 Å². The largest absolute Gasteiger partial charge is 0.497 e. The number of nitrogens with zero attached hydrogens (tertiary/aromatic N) is 4. The molecule has 0 atom stereocenters. The predicted octanol–water partition coefficient (Wildman–Crippen LogP) is 5.53. The van der Waals surface area contributed by atoms with Gasteiger partial charge in [0.05, 0.1) is 12.8 Å². The van der Waals surface area contributed by atoms with Crippen LogP contribution in [0, 0.1) is 0 Å². The molecule has 3 aromatic rings. The summed E-state index contributed by atoms with van der Waals surface area (Å²) in [6.07, 6.45) is -0.256. The molecule has 2 heterocycles. The van der Waals surface area contributed by atoms with E-state index in [0.29, 0.717) is 24.1 Å². The van der Waals surface area contributed by atoms with Gasteiger partial charge in [-0.2, -0.15) is 0 Å². The summed E-state index contributed by atoms with van der Waals surface area (Å²) in [5.74, 6) is 1.35. The Kier molecular flexibility index (Phi) is 6.93. The van der Waals surface area contributed by atoms with Crippen molar-refractivity contribution < 1.29 is 14.3 Å². The van der Waals surface area contributed by atoms with Gasteiger partial charge in [0.2, 0.25) is 0 Å². The SMILES string of the molecule is COc1ccc(-c2cc(Cl)nc(-c3ccc(N4CCN(C(=O)OC(C)(C)C)CC4)cc3)n2)cc1. The Morgan fingerprint density at radius 3 is 2.12 bits per heavy atom. The molecule has 0 saturated carbocycles. The van der Waals surface area contributed by atoms with Crippen molar-refractivity contribution in [3.8, 4) is 28.4 Å². The van der Waals surface area contributed by atoms with E-state index in [0.717, 1.165) is 41.3 Å². The predicted molar refractivity (Wildman–Crippen MR) is 134 cm³/mol. The van der Waals surface area contributed by atoms with Gasteiger partial charge < -0.3 is 19.3 Å². The normalized spacial score (nSPS) is 14.1. The zero-order valence-corrected chi connectivity index (χ0v) is 20.7. The number of rotatable bonds is 4. The first kappa shape index (κ1) is 23.8. The van der Waals surface area contributed by atoms with Crippen molar-refractivity contribution in [3.63, 3.8) is 0 Å². The Morgan fingerprint density at radius 2 is 1.53 bits per heavy atom. The molecule has 0 radical (unpaired) electrons. The maximum Gasteiger partial charge on any atom is 0.410 e. The molecule has 0 N–H and O–H groups in total. The van der Waals surface area contributed by atoms with Gasteiger partial charge in [0.15, 0.2) is 5.82 Å². The number of hydrogen-bond donors (Lipinski definition) is 0. The molecule has 7 nitrogen and oxygen atoms in total. The molecule has 1 aliphatic heterocycles. The summed E-state index contributed by atoms with van der Waals surface area (Å²) in [4.78, 5) is 25.5. The Morgan fingerprint density at radius 1 is 0.912 bits per heavy atom. The second-order valence-corrected chi connectivity index (χ2v) is 9.52. The van der Waals surface area contributed by atoms with Gasteiger partial charge >= 0.3 is 6.09 Å². The lowest BCUT2D eigenvalue weighted by Crippen LogP contribution is -2.50. The van der Waals surface area contributed by atoms with Crippen molar-refractivity contribution in [2.75, 3.05) is 38.2 Å². The highest BCUT2D eigenvalue weighted by Crippen LogP contribution is 2.27. The number of halogens is 1. The maximum atomic E-state index is 12.3. The highest BCUT2D eigenvalue weighted by atomic mass is 35.5. The van der Waals surface area contributed by atoms with Crippen LogP contribution in [0.2, 0.25) is 5.15 Å². The summed E-state index contributed by atoms with van der Waals surface area (Å²) in [5, 5.41) is 0.387. The van der Waals surface area contributed by atoms with Crippen LogP contribution in [0.15, 0.2) is 54.6 Å². The van der Waals surface area contributed by atoms with Gasteiger partial charge in [-0.25, -0.2) is 14.8 Å². The zero-order valence-electron chi connectivity index (χ0n) is 19.9. The van der Waals surface area contributed by atoms with Gasteiger partial charge in [-0.1, -0.05) is 11.6 Å². The van der Waals surface area contributed by atoms with E-state index in [9.17, 15) is 4.79 Å². The minimum Gasteiger partial charge on any atom is -0.497 e. The van der Waals surface area contributed by atoms with Crippen LogP contribution < -0.4 is 9.64 Å². The average Bonchev–Trinajstić information content (AvgIpc) is 2.83. The molecule has 1 aromatic heterocycles. The number of methoxy groups -OCH3 is 1. The summed E-state index contributed by atoms with van der Waals surface area (Å²) in [6, 6.07) is 17.5. The van der Waals surface area contributed by atoms with Crippen molar-refractivity contribution in [2.24, 2.45) is 0 Å². The van der Waals surface area contributed by atoms with Crippen molar-refractivity contribution in [1.82, 2.24) is 14.9 Å². The first-order chi connectivity index (χ1) is 16.2. The Labute approximate surface area is 205 Å². The molecule has 0 aliphatic carbocycles. The van der Waals surface area contributed by atoms with Crippen LogP contribution in [0.3, 0.4) is 0 Å². The van der Waals surface area contributed by atoms with Crippen molar-refractivity contribution in [1.29, 1.82) is 0 Å². The van der Waals surface area contributed by atoms with E-state index in [-0.39, 0.29) is 6.09 Å². The number of ether oxygens (including phenoxy) is 2. The Hall–Kier alpha value is -3.32. The van der Waals surface area contributed by atoms with Crippen LogP contribution in [0.5, 0.6) is 5.75 Å². The van der Waals surface area contributed by atoms with Crippen LogP contribution in [0.4, 0.5) is 10.5 Å². The molecule has 0 bridgehead atoms. The minimum atomic E-state index is -0.486. The number of aromatic nitrogens is 2. The van der Waals surface area contributed by atoms with Crippen LogP contribution in [0.25, 0.3) is 22.6 Å². The molecule has 1 amide bonds. The molecule has 2 aromatic carbocycles. The first-order valence-corrected chi connectivity index (χ1v) is 11.6. The maximum absolute atomic E-state index is 12.3. The van der Waals surface area contributed by atoms with Gasteiger partial charge in [-0.3, -0.25) is 0 Å². The molecule has 1 saturated heterocycles. The smallest absolute Gasteiger partial charge is 0.410 e. The topological polar surface area (TPSA) is 67.8 Å². The molecular formula is C26H29ClN4O3.